The Morgan fingerprint density at radius 1 is 0.442 bits per heavy atom. The summed E-state index contributed by atoms with van der Waals surface area (Å²) in [7, 11) is 0. The maximum atomic E-state index is 13.1. The standard InChI is InChI=1S/C68H131NO8/c1-3-5-7-9-11-13-15-17-19-21-23-25-26-27-28-29-30-31-32-33-34-35-36-38-40-42-44-46-48-50-52-54-56-58-64(72)69-61(60-76-68-67(75)66(74)65(73)63(59-70)77-68)62(71)57-55-53-51-49-47-45-43-41-39-37-24-22-20-18-16-14-12-10-8-6-4-2/h15,17,21,23,61-63,65-68,70-71,73-75H,3-14,16,18-20,22,24-60H2,1-2H3,(H,69,72)/b17-15-,23-21-. The highest BCUT2D eigenvalue weighted by Crippen LogP contribution is 2.24. The molecule has 1 fully saturated rings. The molecular formula is C68H131NO8. The van der Waals surface area contributed by atoms with Crippen molar-refractivity contribution in [1.29, 1.82) is 0 Å². The molecule has 7 unspecified atom stereocenters. The van der Waals surface area contributed by atoms with Gasteiger partial charge in [-0.15, -0.1) is 0 Å². The molecule has 77 heavy (non-hydrogen) atoms. The van der Waals surface area contributed by atoms with Gasteiger partial charge >= 0.3 is 0 Å². The number of hydrogen-bond donors (Lipinski definition) is 6. The summed E-state index contributed by atoms with van der Waals surface area (Å²) in [5.41, 5.74) is 0. The van der Waals surface area contributed by atoms with Gasteiger partial charge in [-0.3, -0.25) is 4.79 Å². The quantitative estimate of drug-likeness (QED) is 0.0261. The molecule has 0 aliphatic carbocycles. The maximum absolute atomic E-state index is 13.1. The normalized spacial score (nSPS) is 18.8. The van der Waals surface area contributed by atoms with Crippen molar-refractivity contribution in [3.8, 4) is 0 Å². The predicted molar refractivity (Wildman–Crippen MR) is 327 cm³/mol. The van der Waals surface area contributed by atoms with Crippen LogP contribution in [0, 0.1) is 0 Å². The van der Waals surface area contributed by atoms with Gasteiger partial charge in [-0.2, -0.15) is 0 Å². The van der Waals surface area contributed by atoms with Crippen LogP contribution >= 0.6 is 0 Å². The first kappa shape index (κ1) is 73.7. The highest BCUT2D eigenvalue weighted by atomic mass is 16.7. The first-order chi connectivity index (χ1) is 37.8. The third-order valence-electron chi connectivity index (χ3n) is 16.6. The Morgan fingerprint density at radius 3 is 1.12 bits per heavy atom. The number of nitrogens with one attached hydrogen (secondary N) is 1. The fourth-order valence-corrected chi connectivity index (χ4v) is 11.2. The third kappa shape index (κ3) is 46.9. The summed E-state index contributed by atoms with van der Waals surface area (Å²) >= 11 is 0. The number of aliphatic hydroxyl groups excluding tert-OH is 5. The van der Waals surface area contributed by atoms with E-state index in [2.05, 4.69) is 43.5 Å². The van der Waals surface area contributed by atoms with Gasteiger partial charge in [0.15, 0.2) is 6.29 Å². The second-order valence-corrected chi connectivity index (χ2v) is 24.0. The van der Waals surface area contributed by atoms with E-state index in [4.69, 9.17) is 9.47 Å². The van der Waals surface area contributed by atoms with Crippen LogP contribution in [0.3, 0.4) is 0 Å². The van der Waals surface area contributed by atoms with Crippen molar-refractivity contribution in [3.05, 3.63) is 24.3 Å². The summed E-state index contributed by atoms with van der Waals surface area (Å²) in [5.74, 6) is -0.136. The second-order valence-electron chi connectivity index (χ2n) is 24.0. The Balaban J connectivity index is 2.09. The molecule has 0 aromatic carbocycles. The molecule has 0 radical (unpaired) electrons. The lowest BCUT2D eigenvalue weighted by Crippen LogP contribution is -2.60. The van der Waals surface area contributed by atoms with Crippen LogP contribution in [0.15, 0.2) is 24.3 Å². The van der Waals surface area contributed by atoms with Crippen LogP contribution in [0.1, 0.15) is 348 Å². The topological polar surface area (TPSA) is 149 Å². The Labute approximate surface area is 477 Å². The van der Waals surface area contributed by atoms with Crippen LogP contribution in [-0.4, -0.2) is 87.5 Å². The lowest BCUT2D eigenvalue weighted by atomic mass is 9.99. The van der Waals surface area contributed by atoms with Crippen molar-refractivity contribution in [3.63, 3.8) is 0 Å². The molecule has 0 spiro atoms. The number of aliphatic hydroxyl groups is 5. The van der Waals surface area contributed by atoms with Gasteiger partial charge in [0, 0.05) is 6.42 Å². The Bertz CT molecular complexity index is 1260. The number of rotatable bonds is 60. The number of unbranched alkanes of at least 4 members (excludes halogenated alkanes) is 46. The molecule has 456 valence electrons. The zero-order valence-electron chi connectivity index (χ0n) is 51.0. The average Bonchev–Trinajstić information content (AvgIpc) is 3.43. The van der Waals surface area contributed by atoms with Crippen molar-refractivity contribution in [2.45, 2.75) is 391 Å². The molecule has 0 bridgehead atoms. The Morgan fingerprint density at radius 2 is 0.766 bits per heavy atom. The van der Waals surface area contributed by atoms with Gasteiger partial charge in [-0.25, -0.2) is 0 Å². The summed E-state index contributed by atoms with van der Waals surface area (Å²) < 4.78 is 11.4. The molecule has 1 amide bonds. The molecule has 9 nitrogen and oxygen atoms in total. The summed E-state index contributed by atoms with van der Waals surface area (Å²) in [6, 6.07) is -0.717. The Hall–Kier alpha value is -1.33. The number of hydrogen-bond acceptors (Lipinski definition) is 8. The van der Waals surface area contributed by atoms with Crippen molar-refractivity contribution in [1.82, 2.24) is 5.32 Å². The van der Waals surface area contributed by atoms with Crippen molar-refractivity contribution in [2.24, 2.45) is 0 Å². The molecule has 1 rings (SSSR count). The van der Waals surface area contributed by atoms with Crippen molar-refractivity contribution >= 4 is 5.91 Å². The third-order valence-corrected chi connectivity index (χ3v) is 16.6. The zero-order chi connectivity index (χ0) is 55.8. The van der Waals surface area contributed by atoms with E-state index in [0.717, 1.165) is 44.9 Å². The molecule has 6 N–H and O–H groups in total. The molecule has 0 aromatic rings. The van der Waals surface area contributed by atoms with E-state index in [0.29, 0.717) is 12.8 Å². The summed E-state index contributed by atoms with van der Waals surface area (Å²) in [4.78, 5) is 13.1. The molecule has 1 saturated heterocycles. The first-order valence-corrected chi connectivity index (χ1v) is 34.0. The molecule has 0 saturated carbocycles. The number of allylic oxidation sites excluding steroid dienone is 4. The second kappa shape index (κ2) is 57.9. The molecule has 9 heteroatoms. The predicted octanol–water partition coefficient (Wildman–Crippen LogP) is 18.1. The van der Waals surface area contributed by atoms with Gasteiger partial charge in [0.2, 0.25) is 5.91 Å². The van der Waals surface area contributed by atoms with Crippen LogP contribution in [-0.2, 0) is 14.3 Å². The van der Waals surface area contributed by atoms with Crippen LogP contribution in [0.2, 0.25) is 0 Å². The smallest absolute Gasteiger partial charge is 0.220 e. The van der Waals surface area contributed by atoms with E-state index in [1.807, 2.05) is 0 Å². The summed E-state index contributed by atoms with van der Waals surface area (Å²) in [5, 5.41) is 54.9. The van der Waals surface area contributed by atoms with E-state index in [9.17, 15) is 30.3 Å². The minimum absolute atomic E-state index is 0.133. The first-order valence-electron chi connectivity index (χ1n) is 34.0. The lowest BCUT2D eigenvalue weighted by Gasteiger charge is -2.40. The highest BCUT2D eigenvalue weighted by molar-refractivity contribution is 5.76. The van der Waals surface area contributed by atoms with Gasteiger partial charge in [-0.05, 0) is 44.9 Å². The molecule has 7 atom stereocenters. The van der Waals surface area contributed by atoms with Gasteiger partial charge in [0.25, 0.3) is 0 Å². The summed E-state index contributed by atoms with van der Waals surface area (Å²) in [6.07, 6.45) is 68.1. The molecule has 1 heterocycles. The van der Waals surface area contributed by atoms with Crippen LogP contribution in [0.4, 0.5) is 0 Å². The fourth-order valence-electron chi connectivity index (χ4n) is 11.2. The van der Waals surface area contributed by atoms with E-state index in [-0.39, 0.29) is 12.5 Å². The Kier molecular flexibility index (Phi) is 55.4. The minimum atomic E-state index is -1.55. The number of carbonyl (C=O) groups is 1. The van der Waals surface area contributed by atoms with E-state index < -0.39 is 49.5 Å². The molecule has 1 aliphatic rings. The number of carbonyl (C=O) groups excluding carboxylic acids is 1. The fraction of sp³-hybridized carbons (Fsp3) is 0.926. The van der Waals surface area contributed by atoms with Crippen LogP contribution in [0.25, 0.3) is 0 Å². The van der Waals surface area contributed by atoms with Gasteiger partial charge in [0.1, 0.15) is 24.4 Å². The van der Waals surface area contributed by atoms with E-state index in [1.54, 1.807) is 0 Å². The molecular weight excluding hydrogens is 959 g/mol. The minimum Gasteiger partial charge on any atom is -0.394 e. The van der Waals surface area contributed by atoms with Crippen LogP contribution in [0.5, 0.6) is 0 Å². The van der Waals surface area contributed by atoms with E-state index >= 15 is 0 Å². The largest absolute Gasteiger partial charge is 0.394 e. The maximum Gasteiger partial charge on any atom is 0.220 e. The molecule has 0 aromatic heterocycles. The molecule has 1 aliphatic heterocycles. The average molecular weight is 1090 g/mol. The zero-order valence-corrected chi connectivity index (χ0v) is 51.0. The van der Waals surface area contributed by atoms with Crippen molar-refractivity contribution < 1.29 is 39.8 Å². The van der Waals surface area contributed by atoms with Crippen molar-refractivity contribution in [2.75, 3.05) is 13.2 Å². The monoisotopic (exact) mass is 1090 g/mol. The lowest BCUT2D eigenvalue weighted by molar-refractivity contribution is -0.302. The highest BCUT2D eigenvalue weighted by Gasteiger charge is 2.44. The number of ether oxygens (including phenoxy) is 2. The SMILES string of the molecule is CCCCCCC/C=C\C/C=C\CCCCCCCCCCCCCCCCCCCCCCCC(=O)NC(COC1OC(CO)C(O)C(O)C1O)C(O)CCCCCCCCCCCCCCCCCCCCCCC. The van der Waals surface area contributed by atoms with Gasteiger partial charge in [0.05, 0.1) is 25.4 Å². The van der Waals surface area contributed by atoms with Crippen LogP contribution < -0.4 is 5.32 Å². The number of amides is 1. The van der Waals surface area contributed by atoms with Gasteiger partial charge < -0.3 is 40.3 Å². The van der Waals surface area contributed by atoms with Gasteiger partial charge in [-0.1, -0.05) is 321 Å². The summed E-state index contributed by atoms with van der Waals surface area (Å²) in [6.45, 7) is 3.88. The van der Waals surface area contributed by atoms with E-state index in [1.165, 1.54) is 276 Å².